The maximum atomic E-state index is 12.4. The van der Waals surface area contributed by atoms with Crippen molar-refractivity contribution in [2.75, 3.05) is 33.3 Å². The summed E-state index contributed by atoms with van der Waals surface area (Å²) in [4.78, 5) is 28.7. The highest BCUT2D eigenvalue weighted by Crippen LogP contribution is 2.21. The van der Waals surface area contributed by atoms with Gasteiger partial charge in [-0.2, -0.15) is 0 Å². The van der Waals surface area contributed by atoms with Crippen LogP contribution in [0.3, 0.4) is 0 Å². The number of carbonyl (C=O) groups is 2. The minimum atomic E-state index is -1.06. The number of rotatable bonds is 5. The molecule has 5 nitrogen and oxygen atoms in total. The second-order valence-electron chi connectivity index (χ2n) is 6.33. The summed E-state index contributed by atoms with van der Waals surface area (Å²) in [6, 6.07) is 0.828. The lowest BCUT2D eigenvalue weighted by molar-refractivity contribution is -0.158. The number of ether oxygens (including phenoxy) is 1. The fourth-order valence-corrected chi connectivity index (χ4v) is 2.47. The molecule has 0 amide bonds. The van der Waals surface area contributed by atoms with E-state index in [2.05, 4.69) is 30.7 Å². The third-order valence-electron chi connectivity index (χ3n) is 4.29. The molecule has 0 spiro atoms. The Kier molecular flexibility index (Phi) is 5.71. The molecule has 2 unspecified atom stereocenters. The van der Waals surface area contributed by atoms with E-state index in [1.165, 1.54) is 0 Å². The second kappa shape index (κ2) is 6.68. The maximum absolute atomic E-state index is 12.4. The molecular weight excluding hydrogens is 256 g/mol. The minimum absolute atomic E-state index is 0.0695. The Morgan fingerprint density at radius 1 is 1.20 bits per heavy atom. The van der Waals surface area contributed by atoms with Crippen LogP contribution in [0.1, 0.15) is 34.6 Å². The number of likely N-dealkylation sites (N-methyl/N-ethyl adjacent to an activating group) is 1. The predicted molar refractivity (Wildman–Crippen MR) is 78.5 cm³/mol. The fourth-order valence-electron chi connectivity index (χ4n) is 2.47. The summed E-state index contributed by atoms with van der Waals surface area (Å²) >= 11 is 0. The Hall–Kier alpha value is -0.940. The van der Waals surface area contributed by atoms with E-state index in [1.54, 1.807) is 20.8 Å². The molecular formula is C15H28N2O3. The summed E-state index contributed by atoms with van der Waals surface area (Å²) in [5.41, 5.74) is -1.06. The lowest BCUT2D eigenvalue weighted by atomic mass is 9.87. The molecule has 0 aromatic heterocycles. The Bertz CT molecular complexity index is 356. The van der Waals surface area contributed by atoms with Gasteiger partial charge in [0, 0.05) is 25.2 Å². The molecule has 1 rings (SSSR count). The molecule has 0 radical (unpaired) electrons. The zero-order valence-electron chi connectivity index (χ0n) is 13.6. The lowest BCUT2D eigenvalue weighted by Gasteiger charge is -2.42. The molecule has 20 heavy (non-hydrogen) atoms. The van der Waals surface area contributed by atoms with E-state index >= 15 is 0 Å². The molecule has 2 atom stereocenters. The lowest BCUT2D eigenvalue weighted by Crippen LogP contribution is -2.56. The molecule has 1 saturated heterocycles. The van der Waals surface area contributed by atoms with Crippen LogP contribution in [0.25, 0.3) is 0 Å². The highest BCUT2D eigenvalue weighted by atomic mass is 16.5. The first-order valence-electron chi connectivity index (χ1n) is 7.35. The standard InChI is InChI=1S/C15H28N2O3/c1-7-20-14(19)15(4,5)13(18)10-17-8-11(2)16(6)12(3)9-17/h11-12H,7-10H2,1-6H3. The first kappa shape index (κ1) is 17.1. The minimum Gasteiger partial charge on any atom is -0.465 e. The molecule has 5 heteroatoms. The Morgan fingerprint density at radius 3 is 2.15 bits per heavy atom. The number of Topliss-reactive ketones (excluding diaryl/α,β-unsaturated/α-hetero) is 1. The smallest absolute Gasteiger partial charge is 0.319 e. The van der Waals surface area contributed by atoms with Crippen molar-refractivity contribution in [2.45, 2.75) is 46.7 Å². The van der Waals surface area contributed by atoms with Crippen molar-refractivity contribution in [1.29, 1.82) is 0 Å². The summed E-state index contributed by atoms with van der Waals surface area (Å²) in [5, 5.41) is 0. The summed E-state index contributed by atoms with van der Waals surface area (Å²) in [7, 11) is 2.11. The van der Waals surface area contributed by atoms with Gasteiger partial charge in [-0.3, -0.25) is 19.4 Å². The van der Waals surface area contributed by atoms with Crippen LogP contribution < -0.4 is 0 Å². The molecule has 0 bridgehead atoms. The van der Waals surface area contributed by atoms with Gasteiger partial charge >= 0.3 is 5.97 Å². The van der Waals surface area contributed by atoms with E-state index < -0.39 is 11.4 Å². The van der Waals surface area contributed by atoms with Gasteiger partial charge in [-0.05, 0) is 41.7 Å². The zero-order chi connectivity index (χ0) is 15.5. The van der Waals surface area contributed by atoms with Crippen molar-refractivity contribution in [2.24, 2.45) is 5.41 Å². The van der Waals surface area contributed by atoms with Crippen LogP contribution in [0.2, 0.25) is 0 Å². The number of piperazine rings is 1. The van der Waals surface area contributed by atoms with Gasteiger partial charge in [0.1, 0.15) is 5.41 Å². The van der Waals surface area contributed by atoms with E-state index in [-0.39, 0.29) is 5.78 Å². The van der Waals surface area contributed by atoms with E-state index in [1.807, 2.05) is 0 Å². The molecule has 1 heterocycles. The topological polar surface area (TPSA) is 49.9 Å². The third kappa shape index (κ3) is 3.79. The third-order valence-corrected chi connectivity index (χ3v) is 4.29. The van der Waals surface area contributed by atoms with Crippen LogP contribution >= 0.6 is 0 Å². The normalized spacial score (nSPS) is 25.5. The summed E-state index contributed by atoms with van der Waals surface area (Å²) in [6.07, 6.45) is 0. The average Bonchev–Trinajstić information content (AvgIpc) is 2.35. The van der Waals surface area contributed by atoms with Gasteiger partial charge in [-0.15, -0.1) is 0 Å². The summed E-state index contributed by atoms with van der Waals surface area (Å²) in [6.45, 7) is 11.7. The second-order valence-corrected chi connectivity index (χ2v) is 6.33. The Labute approximate surface area is 122 Å². The Morgan fingerprint density at radius 2 is 1.70 bits per heavy atom. The molecule has 0 aromatic carbocycles. The van der Waals surface area contributed by atoms with Gasteiger partial charge in [0.25, 0.3) is 0 Å². The molecule has 0 N–H and O–H groups in total. The number of ketones is 1. The van der Waals surface area contributed by atoms with Crippen molar-refractivity contribution in [3.05, 3.63) is 0 Å². The van der Waals surface area contributed by atoms with Gasteiger partial charge in [0.15, 0.2) is 5.78 Å². The molecule has 1 aliphatic heterocycles. The van der Waals surface area contributed by atoms with Crippen LogP contribution in [0.15, 0.2) is 0 Å². The van der Waals surface area contributed by atoms with Crippen molar-refractivity contribution < 1.29 is 14.3 Å². The van der Waals surface area contributed by atoms with Crippen molar-refractivity contribution >= 4 is 11.8 Å². The van der Waals surface area contributed by atoms with Crippen LogP contribution in [-0.4, -0.2) is 66.9 Å². The number of hydrogen-bond acceptors (Lipinski definition) is 5. The van der Waals surface area contributed by atoms with Crippen molar-refractivity contribution in [3.63, 3.8) is 0 Å². The highest BCUT2D eigenvalue weighted by Gasteiger charge is 2.39. The van der Waals surface area contributed by atoms with Gasteiger partial charge in [-0.25, -0.2) is 0 Å². The Balaban J connectivity index is 2.64. The van der Waals surface area contributed by atoms with Crippen LogP contribution in [0, 0.1) is 5.41 Å². The highest BCUT2D eigenvalue weighted by molar-refractivity contribution is 6.03. The number of esters is 1. The first-order chi connectivity index (χ1) is 9.20. The van der Waals surface area contributed by atoms with Crippen LogP contribution in [0.5, 0.6) is 0 Å². The maximum Gasteiger partial charge on any atom is 0.319 e. The fraction of sp³-hybridized carbons (Fsp3) is 0.867. The van der Waals surface area contributed by atoms with E-state index in [4.69, 9.17) is 4.74 Å². The molecule has 116 valence electrons. The molecule has 0 aliphatic carbocycles. The number of nitrogens with zero attached hydrogens (tertiary/aromatic N) is 2. The average molecular weight is 284 g/mol. The largest absolute Gasteiger partial charge is 0.465 e. The monoisotopic (exact) mass is 284 g/mol. The first-order valence-corrected chi connectivity index (χ1v) is 7.35. The zero-order valence-corrected chi connectivity index (χ0v) is 13.6. The number of carbonyl (C=O) groups excluding carboxylic acids is 2. The predicted octanol–water partition coefficient (Wildman–Crippen LogP) is 1.17. The van der Waals surface area contributed by atoms with Crippen molar-refractivity contribution in [1.82, 2.24) is 9.80 Å². The van der Waals surface area contributed by atoms with Crippen LogP contribution in [-0.2, 0) is 14.3 Å². The van der Waals surface area contributed by atoms with Gasteiger partial charge < -0.3 is 4.74 Å². The van der Waals surface area contributed by atoms with E-state index in [9.17, 15) is 9.59 Å². The van der Waals surface area contributed by atoms with Crippen molar-refractivity contribution in [3.8, 4) is 0 Å². The van der Waals surface area contributed by atoms with Gasteiger partial charge in [0.2, 0.25) is 0 Å². The molecule has 0 saturated carbocycles. The number of hydrogen-bond donors (Lipinski definition) is 0. The van der Waals surface area contributed by atoms with Crippen LogP contribution in [0.4, 0.5) is 0 Å². The molecule has 1 aliphatic rings. The quantitative estimate of drug-likeness (QED) is 0.560. The molecule has 1 fully saturated rings. The summed E-state index contributed by atoms with van der Waals surface area (Å²) in [5.74, 6) is -0.500. The van der Waals surface area contributed by atoms with Gasteiger partial charge in [-0.1, -0.05) is 0 Å². The molecule has 0 aromatic rings. The SMILES string of the molecule is CCOC(=O)C(C)(C)C(=O)CN1CC(C)N(C)C(C)C1. The van der Waals surface area contributed by atoms with E-state index in [0.717, 1.165) is 13.1 Å². The van der Waals surface area contributed by atoms with Gasteiger partial charge in [0.05, 0.1) is 13.2 Å². The summed E-state index contributed by atoms with van der Waals surface area (Å²) < 4.78 is 4.99. The van der Waals surface area contributed by atoms with E-state index in [0.29, 0.717) is 25.2 Å².